The highest BCUT2D eigenvalue weighted by Crippen LogP contribution is 2.11. The molecule has 2 heterocycles. The number of nitrogens with zero attached hydrogens (tertiary/aromatic N) is 2. The van der Waals surface area contributed by atoms with Crippen molar-refractivity contribution in [3.8, 4) is 0 Å². The van der Waals surface area contributed by atoms with Gasteiger partial charge in [0, 0.05) is 37.4 Å². The minimum Gasteiger partial charge on any atom is -0.314 e. The van der Waals surface area contributed by atoms with Crippen LogP contribution in [0.4, 0.5) is 0 Å². The average Bonchev–Trinajstić information content (AvgIpc) is 2.86. The molecule has 1 aliphatic heterocycles. The highest BCUT2D eigenvalue weighted by atomic mass is 15.2. The van der Waals surface area contributed by atoms with Crippen LogP contribution < -0.4 is 10.6 Å². The summed E-state index contributed by atoms with van der Waals surface area (Å²) in [5, 5.41) is 11.5. The van der Waals surface area contributed by atoms with Gasteiger partial charge in [0.1, 0.15) is 0 Å². The fourth-order valence-corrected chi connectivity index (χ4v) is 2.57. The summed E-state index contributed by atoms with van der Waals surface area (Å²) in [6.45, 7) is 6.46. The second-order valence-electron chi connectivity index (χ2n) is 5.22. The van der Waals surface area contributed by atoms with Gasteiger partial charge in [0.2, 0.25) is 0 Å². The van der Waals surface area contributed by atoms with Crippen LogP contribution in [0.15, 0.2) is 6.20 Å². The predicted octanol–water partition coefficient (Wildman–Crippen LogP) is 1.35. The van der Waals surface area contributed by atoms with Gasteiger partial charge in [0.15, 0.2) is 0 Å². The Kier molecular flexibility index (Phi) is 4.18. The molecule has 4 nitrogen and oxygen atoms in total. The largest absolute Gasteiger partial charge is 0.314 e. The molecule has 1 fully saturated rings. The third kappa shape index (κ3) is 3.54. The van der Waals surface area contributed by atoms with E-state index < -0.39 is 0 Å². The molecular formula is C13H24N4. The molecule has 0 bridgehead atoms. The van der Waals surface area contributed by atoms with Crippen LogP contribution in [0.25, 0.3) is 0 Å². The highest BCUT2D eigenvalue weighted by molar-refractivity contribution is 5.14. The first-order chi connectivity index (χ1) is 8.15. The standard InChI is InChI=1S/C13H24N4/c1-10(7-13-5-4-6-14-13)15-8-12-9-17(3)16-11(12)2/h9-10,13-15H,4-8H2,1-3H3. The van der Waals surface area contributed by atoms with Crippen molar-refractivity contribution in [3.63, 3.8) is 0 Å². The Labute approximate surface area is 104 Å². The van der Waals surface area contributed by atoms with Crippen LogP contribution in [0.5, 0.6) is 0 Å². The summed E-state index contributed by atoms with van der Waals surface area (Å²) >= 11 is 0. The van der Waals surface area contributed by atoms with Crippen molar-refractivity contribution in [2.75, 3.05) is 6.54 Å². The first-order valence-electron chi connectivity index (χ1n) is 6.61. The molecule has 0 aliphatic carbocycles. The Morgan fingerprint density at radius 1 is 1.65 bits per heavy atom. The minimum atomic E-state index is 0.560. The van der Waals surface area contributed by atoms with E-state index in [2.05, 4.69) is 35.8 Å². The molecule has 2 unspecified atom stereocenters. The molecule has 0 spiro atoms. The fourth-order valence-electron chi connectivity index (χ4n) is 2.57. The van der Waals surface area contributed by atoms with Crippen molar-refractivity contribution in [2.45, 2.75) is 51.7 Å². The van der Waals surface area contributed by atoms with Gasteiger partial charge in [-0.05, 0) is 39.7 Å². The molecule has 4 heteroatoms. The zero-order valence-corrected chi connectivity index (χ0v) is 11.2. The average molecular weight is 236 g/mol. The van der Waals surface area contributed by atoms with Gasteiger partial charge in [0.25, 0.3) is 0 Å². The van der Waals surface area contributed by atoms with Crippen molar-refractivity contribution < 1.29 is 0 Å². The Morgan fingerprint density at radius 2 is 2.47 bits per heavy atom. The van der Waals surface area contributed by atoms with E-state index in [1.165, 1.54) is 31.4 Å². The maximum atomic E-state index is 4.36. The summed E-state index contributed by atoms with van der Waals surface area (Å²) in [6.07, 6.45) is 5.99. The Morgan fingerprint density at radius 3 is 3.06 bits per heavy atom. The molecule has 0 saturated carbocycles. The van der Waals surface area contributed by atoms with Crippen LogP contribution in [-0.2, 0) is 13.6 Å². The second-order valence-corrected chi connectivity index (χ2v) is 5.22. The van der Waals surface area contributed by atoms with E-state index in [0.29, 0.717) is 12.1 Å². The third-order valence-corrected chi connectivity index (χ3v) is 3.56. The van der Waals surface area contributed by atoms with Gasteiger partial charge in [-0.2, -0.15) is 5.10 Å². The summed E-state index contributed by atoms with van der Waals surface area (Å²) in [6, 6.07) is 1.28. The minimum absolute atomic E-state index is 0.560. The lowest BCUT2D eigenvalue weighted by Gasteiger charge is -2.18. The molecule has 0 radical (unpaired) electrons. The summed E-state index contributed by atoms with van der Waals surface area (Å²) in [5.74, 6) is 0. The van der Waals surface area contributed by atoms with Crippen LogP contribution in [-0.4, -0.2) is 28.4 Å². The third-order valence-electron chi connectivity index (χ3n) is 3.56. The van der Waals surface area contributed by atoms with Gasteiger partial charge in [-0.15, -0.1) is 0 Å². The number of aryl methyl sites for hydroxylation is 2. The molecule has 1 aliphatic rings. The van der Waals surface area contributed by atoms with E-state index >= 15 is 0 Å². The molecule has 0 aromatic carbocycles. The number of hydrogen-bond donors (Lipinski definition) is 2. The Bertz CT molecular complexity index is 352. The first kappa shape index (κ1) is 12.6. The van der Waals surface area contributed by atoms with E-state index in [1.807, 2.05) is 11.7 Å². The van der Waals surface area contributed by atoms with Gasteiger partial charge >= 0.3 is 0 Å². The lowest BCUT2D eigenvalue weighted by atomic mass is 10.1. The molecule has 2 rings (SSSR count). The zero-order chi connectivity index (χ0) is 12.3. The number of rotatable bonds is 5. The van der Waals surface area contributed by atoms with Crippen LogP contribution in [0.1, 0.15) is 37.4 Å². The van der Waals surface area contributed by atoms with E-state index in [0.717, 1.165) is 12.2 Å². The van der Waals surface area contributed by atoms with Crippen molar-refractivity contribution in [3.05, 3.63) is 17.5 Å². The zero-order valence-electron chi connectivity index (χ0n) is 11.2. The fraction of sp³-hybridized carbons (Fsp3) is 0.769. The molecule has 1 saturated heterocycles. The lowest BCUT2D eigenvalue weighted by Crippen LogP contribution is -2.33. The van der Waals surface area contributed by atoms with Gasteiger partial charge in [-0.25, -0.2) is 0 Å². The van der Waals surface area contributed by atoms with Gasteiger partial charge in [-0.3, -0.25) is 4.68 Å². The number of aromatic nitrogens is 2. The van der Waals surface area contributed by atoms with E-state index in [4.69, 9.17) is 0 Å². The Balaban J connectivity index is 1.75. The smallest absolute Gasteiger partial charge is 0.0638 e. The van der Waals surface area contributed by atoms with E-state index in [9.17, 15) is 0 Å². The predicted molar refractivity (Wildman–Crippen MR) is 69.9 cm³/mol. The monoisotopic (exact) mass is 236 g/mol. The van der Waals surface area contributed by atoms with Crippen LogP contribution in [0.3, 0.4) is 0 Å². The van der Waals surface area contributed by atoms with Crippen LogP contribution in [0, 0.1) is 6.92 Å². The van der Waals surface area contributed by atoms with Crippen molar-refractivity contribution in [1.29, 1.82) is 0 Å². The normalized spacial score (nSPS) is 21.9. The SMILES string of the molecule is Cc1nn(C)cc1CNC(C)CC1CCCN1. The maximum Gasteiger partial charge on any atom is 0.0638 e. The summed E-state index contributed by atoms with van der Waals surface area (Å²) < 4.78 is 1.88. The van der Waals surface area contributed by atoms with Crippen molar-refractivity contribution in [1.82, 2.24) is 20.4 Å². The number of hydrogen-bond acceptors (Lipinski definition) is 3. The van der Waals surface area contributed by atoms with Crippen LogP contribution in [0.2, 0.25) is 0 Å². The maximum absolute atomic E-state index is 4.36. The molecule has 1 aromatic heterocycles. The summed E-state index contributed by atoms with van der Waals surface area (Å²) in [4.78, 5) is 0. The summed E-state index contributed by atoms with van der Waals surface area (Å²) in [7, 11) is 1.97. The number of nitrogens with one attached hydrogen (secondary N) is 2. The van der Waals surface area contributed by atoms with E-state index in [1.54, 1.807) is 0 Å². The van der Waals surface area contributed by atoms with Crippen LogP contribution >= 0.6 is 0 Å². The highest BCUT2D eigenvalue weighted by Gasteiger charge is 2.16. The van der Waals surface area contributed by atoms with Gasteiger partial charge < -0.3 is 10.6 Å². The lowest BCUT2D eigenvalue weighted by molar-refractivity contribution is 0.439. The topological polar surface area (TPSA) is 41.9 Å². The molecule has 17 heavy (non-hydrogen) atoms. The van der Waals surface area contributed by atoms with E-state index in [-0.39, 0.29) is 0 Å². The molecular weight excluding hydrogens is 212 g/mol. The van der Waals surface area contributed by atoms with Gasteiger partial charge in [0.05, 0.1) is 5.69 Å². The molecule has 96 valence electrons. The molecule has 1 aromatic rings. The van der Waals surface area contributed by atoms with Crippen molar-refractivity contribution >= 4 is 0 Å². The van der Waals surface area contributed by atoms with Crippen molar-refractivity contribution in [2.24, 2.45) is 7.05 Å². The summed E-state index contributed by atoms with van der Waals surface area (Å²) in [5.41, 5.74) is 2.44. The quantitative estimate of drug-likeness (QED) is 0.811. The van der Waals surface area contributed by atoms with Gasteiger partial charge in [-0.1, -0.05) is 0 Å². The Hall–Kier alpha value is -0.870. The first-order valence-corrected chi connectivity index (χ1v) is 6.61. The molecule has 0 amide bonds. The molecule has 2 N–H and O–H groups in total. The second kappa shape index (κ2) is 5.65. The molecule has 2 atom stereocenters.